The zero-order valence-electron chi connectivity index (χ0n) is 21.5. The fourth-order valence-electron chi connectivity index (χ4n) is 4.25. The van der Waals surface area contributed by atoms with E-state index >= 15 is 0 Å². The second kappa shape index (κ2) is 13.5. The first-order chi connectivity index (χ1) is 17.0. The highest BCUT2D eigenvalue weighted by molar-refractivity contribution is 5.96. The lowest BCUT2D eigenvalue weighted by molar-refractivity contribution is -0.133. The van der Waals surface area contributed by atoms with E-state index in [2.05, 4.69) is 6.92 Å². The van der Waals surface area contributed by atoms with Gasteiger partial charge in [0.1, 0.15) is 6.54 Å². The molecule has 0 aliphatic carbocycles. The van der Waals surface area contributed by atoms with Gasteiger partial charge in [-0.2, -0.15) is 0 Å². The van der Waals surface area contributed by atoms with Gasteiger partial charge < -0.3 is 14.4 Å². The summed E-state index contributed by atoms with van der Waals surface area (Å²) in [6.45, 7) is 5.86. The number of nitrogens with zero attached hydrogens (tertiary/aromatic N) is 3. The van der Waals surface area contributed by atoms with Crippen LogP contribution in [-0.2, 0) is 31.4 Å². The molecule has 0 unspecified atom stereocenters. The fourth-order valence-corrected chi connectivity index (χ4v) is 4.25. The molecule has 186 valence electrons. The summed E-state index contributed by atoms with van der Waals surface area (Å²) in [5, 5.41) is 0. The molecule has 2 aromatic carbocycles. The Labute approximate surface area is 210 Å². The summed E-state index contributed by atoms with van der Waals surface area (Å²) in [6, 6.07) is 21.9. The Kier molecular flexibility index (Phi) is 10.1. The predicted octanol–water partition coefficient (Wildman–Crippen LogP) is 5.84. The number of amides is 2. The van der Waals surface area contributed by atoms with Gasteiger partial charge in [0.15, 0.2) is 0 Å². The van der Waals surface area contributed by atoms with Gasteiger partial charge in [-0.15, -0.1) is 0 Å². The standard InChI is InChI=1S/C30H39N3O2/c1-4-6-8-12-25-16-18-27(19-17-25)30(35)32(20-5-2)24-29(34)33(22-26-13-9-7-10-14-26)23-28-15-11-21-31(28)3/h7,9-11,13-19,21H,4-6,8,12,20,22-24H2,1-3H3. The van der Waals surface area contributed by atoms with Gasteiger partial charge in [0.05, 0.1) is 6.54 Å². The van der Waals surface area contributed by atoms with Crippen LogP contribution in [0.4, 0.5) is 0 Å². The van der Waals surface area contributed by atoms with Crippen LogP contribution in [-0.4, -0.2) is 39.3 Å². The average molecular weight is 474 g/mol. The maximum atomic E-state index is 13.5. The van der Waals surface area contributed by atoms with Crippen molar-refractivity contribution in [1.29, 1.82) is 0 Å². The second-order valence-corrected chi connectivity index (χ2v) is 9.23. The molecule has 0 saturated heterocycles. The minimum atomic E-state index is -0.0844. The zero-order chi connectivity index (χ0) is 25.0. The van der Waals surface area contributed by atoms with Gasteiger partial charge in [0.2, 0.25) is 5.91 Å². The van der Waals surface area contributed by atoms with Crippen LogP contribution >= 0.6 is 0 Å². The van der Waals surface area contributed by atoms with Crippen molar-refractivity contribution in [3.63, 3.8) is 0 Å². The molecule has 2 amide bonds. The molecule has 3 rings (SSSR count). The average Bonchev–Trinajstić information content (AvgIpc) is 3.28. The van der Waals surface area contributed by atoms with Crippen molar-refractivity contribution in [3.05, 3.63) is 95.3 Å². The van der Waals surface area contributed by atoms with Crippen molar-refractivity contribution in [2.24, 2.45) is 7.05 Å². The molecular formula is C30H39N3O2. The monoisotopic (exact) mass is 473 g/mol. The number of aryl methyl sites for hydroxylation is 2. The first kappa shape index (κ1) is 26.3. The molecule has 1 heterocycles. The van der Waals surface area contributed by atoms with E-state index in [1.807, 2.05) is 96.4 Å². The molecule has 1 aromatic heterocycles. The van der Waals surface area contributed by atoms with Crippen LogP contribution in [0.1, 0.15) is 66.7 Å². The number of benzene rings is 2. The fraction of sp³-hybridized carbons (Fsp3) is 0.400. The molecule has 5 nitrogen and oxygen atoms in total. The lowest BCUT2D eigenvalue weighted by Crippen LogP contribution is -2.43. The Morgan fingerprint density at radius 1 is 0.771 bits per heavy atom. The lowest BCUT2D eigenvalue weighted by Gasteiger charge is -2.28. The molecule has 0 saturated carbocycles. The number of unbranched alkanes of at least 4 members (excludes halogenated alkanes) is 2. The number of hydrogen-bond donors (Lipinski definition) is 0. The highest BCUT2D eigenvalue weighted by Crippen LogP contribution is 2.14. The minimum Gasteiger partial charge on any atom is -0.353 e. The molecule has 0 atom stereocenters. The van der Waals surface area contributed by atoms with Crippen molar-refractivity contribution in [1.82, 2.24) is 14.4 Å². The predicted molar refractivity (Wildman–Crippen MR) is 142 cm³/mol. The van der Waals surface area contributed by atoms with Crippen molar-refractivity contribution in [2.45, 2.75) is 59.0 Å². The van der Waals surface area contributed by atoms with E-state index in [-0.39, 0.29) is 18.4 Å². The first-order valence-electron chi connectivity index (χ1n) is 12.8. The van der Waals surface area contributed by atoms with Crippen LogP contribution in [0.3, 0.4) is 0 Å². The Hall–Kier alpha value is -3.34. The zero-order valence-corrected chi connectivity index (χ0v) is 21.5. The van der Waals surface area contributed by atoms with Gasteiger partial charge in [-0.05, 0) is 54.7 Å². The lowest BCUT2D eigenvalue weighted by atomic mass is 10.0. The van der Waals surface area contributed by atoms with E-state index in [1.54, 1.807) is 4.90 Å². The van der Waals surface area contributed by atoms with E-state index in [1.165, 1.54) is 24.8 Å². The Morgan fingerprint density at radius 3 is 2.14 bits per heavy atom. The molecule has 0 aliphatic rings. The Balaban J connectivity index is 1.73. The van der Waals surface area contributed by atoms with Crippen molar-refractivity contribution in [2.75, 3.05) is 13.1 Å². The quantitative estimate of drug-likeness (QED) is 0.293. The molecule has 0 spiro atoms. The van der Waals surface area contributed by atoms with Crippen molar-refractivity contribution < 1.29 is 9.59 Å². The van der Waals surface area contributed by atoms with E-state index in [4.69, 9.17) is 0 Å². The van der Waals surface area contributed by atoms with Crippen molar-refractivity contribution in [3.8, 4) is 0 Å². The maximum absolute atomic E-state index is 13.5. The third kappa shape index (κ3) is 7.84. The SMILES string of the molecule is CCCCCc1ccc(C(=O)N(CCC)CC(=O)N(Cc2ccccc2)Cc2cccn2C)cc1. The normalized spacial score (nSPS) is 10.8. The maximum Gasteiger partial charge on any atom is 0.254 e. The summed E-state index contributed by atoms with van der Waals surface area (Å²) in [5.74, 6) is -0.133. The third-order valence-corrected chi connectivity index (χ3v) is 6.35. The van der Waals surface area contributed by atoms with Gasteiger partial charge in [0.25, 0.3) is 5.91 Å². The van der Waals surface area contributed by atoms with E-state index in [9.17, 15) is 9.59 Å². The van der Waals surface area contributed by atoms with Crippen LogP contribution in [0.25, 0.3) is 0 Å². The minimum absolute atomic E-state index is 0.0481. The molecule has 35 heavy (non-hydrogen) atoms. The molecule has 0 aliphatic heterocycles. The first-order valence-corrected chi connectivity index (χ1v) is 12.8. The van der Waals surface area contributed by atoms with E-state index in [0.717, 1.165) is 24.1 Å². The Morgan fingerprint density at radius 2 is 1.51 bits per heavy atom. The number of carbonyl (C=O) groups is 2. The van der Waals surface area contributed by atoms with Crippen molar-refractivity contribution >= 4 is 11.8 Å². The van der Waals surface area contributed by atoms with Crippen LogP contribution < -0.4 is 0 Å². The molecule has 0 N–H and O–H groups in total. The van der Waals surface area contributed by atoms with Crippen LogP contribution in [0.5, 0.6) is 0 Å². The molecular weight excluding hydrogens is 434 g/mol. The number of aromatic nitrogens is 1. The molecule has 0 bridgehead atoms. The summed E-state index contributed by atoms with van der Waals surface area (Å²) >= 11 is 0. The van der Waals surface area contributed by atoms with Gasteiger partial charge in [0, 0.05) is 37.6 Å². The highest BCUT2D eigenvalue weighted by Gasteiger charge is 2.23. The Bertz CT molecular complexity index is 1060. The van der Waals surface area contributed by atoms with Gasteiger partial charge in [-0.3, -0.25) is 9.59 Å². The van der Waals surface area contributed by atoms with Gasteiger partial charge >= 0.3 is 0 Å². The van der Waals surface area contributed by atoms with Gasteiger partial charge in [-0.25, -0.2) is 0 Å². The largest absolute Gasteiger partial charge is 0.353 e. The number of hydrogen-bond acceptors (Lipinski definition) is 2. The summed E-state index contributed by atoms with van der Waals surface area (Å²) in [6.07, 6.45) is 7.40. The van der Waals surface area contributed by atoms with Crippen LogP contribution in [0.2, 0.25) is 0 Å². The smallest absolute Gasteiger partial charge is 0.254 e. The van der Waals surface area contributed by atoms with E-state index in [0.29, 0.717) is 25.2 Å². The summed E-state index contributed by atoms with van der Waals surface area (Å²) < 4.78 is 2.03. The van der Waals surface area contributed by atoms with Crippen LogP contribution in [0.15, 0.2) is 72.9 Å². The molecule has 5 heteroatoms. The summed E-state index contributed by atoms with van der Waals surface area (Å²) in [5.41, 5.74) is 4.02. The number of rotatable bonds is 13. The third-order valence-electron chi connectivity index (χ3n) is 6.35. The summed E-state index contributed by atoms with van der Waals surface area (Å²) in [4.78, 5) is 30.4. The van der Waals surface area contributed by atoms with E-state index < -0.39 is 0 Å². The topological polar surface area (TPSA) is 45.6 Å². The van der Waals surface area contributed by atoms with Crippen LogP contribution in [0, 0.1) is 0 Å². The number of carbonyl (C=O) groups excluding carboxylic acids is 2. The molecule has 0 fully saturated rings. The summed E-state index contributed by atoms with van der Waals surface area (Å²) in [7, 11) is 1.99. The van der Waals surface area contributed by atoms with Gasteiger partial charge in [-0.1, -0.05) is 69.2 Å². The molecule has 3 aromatic rings. The highest BCUT2D eigenvalue weighted by atomic mass is 16.2. The second-order valence-electron chi connectivity index (χ2n) is 9.23. The molecule has 0 radical (unpaired) electrons.